The van der Waals surface area contributed by atoms with Crippen LogP contribution in [-0.4, -0.2) is 33.7 Å². The average Bonchev–Trinajstić information content (AvgIpc) is 2.80. The summed E-state index contributed by atoms with van der Waals surface area (Å²) in [6.45, 7) is 3.96. The first-order valence-electron chi connectivity index (χ1n) is 10.2. The lowest BCUT2D eigenvalue weighted by molar-refractivity contribution is -0.114. The second kappa shape index (κ2) is 11.2. The van der Waals surface area contributed by atoms with E-state index < -0.39 is 15.9 Å². The molecule has 0 aliphatic carbocycles. The van der Waals surface area contributed by atoms with Crippen molar-refractivity contribution in [2.75, 3.05) is 29.0 Å². The normalized spacial score (nSPS) is 10.8. The van der Waals surface area contributed by atoms with E-state index in [4.69, 9.17) is 9.47 Å². The van der Waals surface area contributed by atoms with Crippen LogP contribution in [-0.2, 0) is 21.4 Å². The fourth-order valence-electron chi connectivity index (χ4n) is 3.00. The fourth-order valence-corrected chi connectivity index (χ4v) is 3.86. The predicted octanol–water partition coefficient (Wildman–Crippen LogP) is 4.24. The number of anilines is 2. The summed E-state index contributed by atoms with van der Waals surface area (Å²) in [5.41, 5.74) is 1.89. The molecule has 1 amide bonds. The van der Waals surface area contributed by atoms with Gasteiger partial charge in [-0.15, -0.1) is 0 Å². The molecule has 7 nitrogen and oxygen atoms in total. The van der Waals surface area contributed by atoms with Crippen molar-refractivity contribution in [3.63, 3.8) is 0 Å². The first kappa shape index (κ1) is 23.9. The zero-order valence-corrected chi connectivity index (χ0v) is 19.1. The van der Waals surface area contributed by atoms with E-state index in [1.807, 2.05) is 30.3 Å². The topological polar surface area (TPSA) is 84.9 Å². The number of rotatable bonds is 11. The third kappa shape index (κ3) is 7.40. The summed E-state index contributed by atoms with van der Waals surface area (Å²) in [4.78, 5) is 12.6. The summed E-state index contributed by atoms with van der Waals surface area (Å²) in [5.74, 6) is 0.682. The van der Waals surface area contributed by atoms with Crippen molar-refractivity contribution in [2.45, 2.75) is 6.61 Å². The minimum Gasteiger partial charge on any atom is -0.489 e. The standard InChI is InChI=1S/C25H26N2O5S/c1-3-16-31-24-11-7-10-21(17-24)26-25(28)18-27(33(2,29)30)22-12-14-23(15-13-22)32-19-20-8-5-4-6-9-20/h3-15,17H,1,16,18-19H2,2H3,(H,26,28). The molecule has 3 aromatic carbocycles. The lowest BCUT2D eigenvalue weighted by atomic mass is 10.2. The van der Waals surface area contributed by atoms with Gasteiger partial charge in [-0.2, -0.15) is 0 Å². The van der Waals surface area contributed by atoms with Crippen LogP contribution in [0, 0.1) is 0 Å². The van der Waals surface area contributed by atoms with Crippen molar-refractivity contribution in [2.24, 2.45) is 0 Å². The molecular weight excluding hydrogens is 440 g/mol. The van der Waals surface area contributed by atoms with Crippen LogP contribution in [0.2, 0.25) is 0 Å². The highest BCUT2D eigenvalue weighted by molar-refractivity contribution is 7.92. The summed E-state index contributed by atoms with van der Waals surface area (Å²) in [7, 11) is -3.70. The lowest BCUT2D eigenvalue weighted by Gasteiger charge is -2.22. The highest BCUT2D eigenvalue weighted by Gasteiger charge is 2.21. The van der Waals surface area contributed by atoms with E-state index in [1.165, 1.54) is 0 Å². The number of sulfonamides is 1. The van der Waals surface area contributed by atoms with Crippen LogP contribution in [0.25, 0.3) is 0 Å². The number of nitrogens with zero attached hydrogens (tertiary/aromatic N) is 1. The molecule has 0 heterocycles. The maximum absolute atomic E-state index is 12.6. The Hall–Kier alpha value is -3.78. The van der Waals surface area contributed by atoms with E-state index in [-0.39, 0.29) is 6.54 Å². The van der Waals surface area contributed by atoms with Crippen molar-refractivity contribution in [1.29, 1.82) is 0 Å². The lowest BCUT2D eigenvalue weighted by Crippen LogP contribution is -2.37. The van der Waals surface area contributed by atoms with Crippen molar-refractivity contribution < 1.29 is 22.7 Å². The molecule has 0 fully saturated rings. The molecule has 0 unspecified atom stereocenters. The Morgan fingerprint density at radius 2 is 1.70 bits per heavy atom. The summed E-state index contributed by atoms with van der Waals surface area (Å²) in [6, 6.07) is 23.1. The molecule has 0 bridgehead atoms. The summed E-state index contributed by atoms with van der Waals surface area (Å²) >= 11 is 0. The molecule has 0 aliphatic heterocycles. The van der Waals surface area contributed by atoms with Gasteiger partial charge in [0.05, 0.1) is 11.9 Å². The van der Waals surface area contributed by atoms with Crippen LogP contribution >= 0.6 is 0 Å². The Morgan fingerprint density at radius 1 is 0.970 bits per heavy atom. The van der Waals surface area contributed by atoms with Crippen LogP contribution in [0.15, 0.2) is 91.5 Å². The Bertz CT molecular complexity index is 1180. The molecule has 0 spiro atoms. The SMILES string of the molecule is C=CCOc1cccc(NC(=O)CN(c2ccc(OCc3ccccc3)cc2)S(C)(=O)=O)c1. The zero-order chi connectivity index (χ0) is 23.7. The molecule has 1 N–H and O–H groups in total. The van der Waals surface area contributed by atoms with Gasteiger partial charge in [-0.25, -0.2) is 8.42 Å². The summed E-state index contributed by atoms with van der Waals surface area (Å²) < 4.78 is 37.0. The quantitative estimate of drug-likeness (QED) is 0.428. The second-order valence-electron chi connectivity index (χ2n) is 7.21. The molecule has 3 aromatic rings. The molecule has 172 valence electrons. The first-order chi connectivity index (χ1) is 15.8. The number of carbonyl (C=O) groups is 1. The Balaban J connectivity index is 1.66. The first-order valence-corrected chi connectivity index (χ1v) is 12.1. The number of nitrogens with one attached hydrogen (secondary N) is 1. The van der Waals surface area contributed by atoms with Gasteiger partial charge in [0.1, 0.15) is 31.3 Å². The van der Waals surface area contributed by atoms with Crippen LogP contribution in [0.1, 0.15) is 5.56 Å². The van der Waals surface area contributed by atoms with Gasteiger partial charge in [-0.05, 0) is 42.0 Å². The smallest absolute Gasteiger partial charge is 0.245 e. The van der Waals surface area contributed by atoms with Gasteiger partial charge in [0, 0.05) is 11.8 Å². The highest BCUT2D eigenvalue weighted by Crippen LogP contribution is 2.23. The number of hydrogen-bond donors (Lipinski definition) is 1. The molecule has 33 heavy (non-hydrogen) atoms. The number of amides is 1. The molecular formula is C25H26N2O5S. The van der Waals surface area contributed by atoms with Crippen LogP contribution < -0.4 is 19.1 Å². The van der Waals surface area contributed by atoms with Gasteiger partial charge in [-0.1, -0.05) is 49.1 Å². The average molecular weight is 467 g/mol. The monoisotopic (exact) mass is 466 g/mol. The number of hydrogen-bond acceptors (Lipinski definition) is 5. The van der Waals surface area contributed by atoms with E-state index in [0.717, 1.165) is 16.1 Å². The largest absolute Gasteiger partial charge is 0.489 e. The van der Waals surface area contributed by atoms with E-state index in [2.05, 4.69) is 11.9 Å². The van der Waals surface area contributed by atoms with Gasteiger partial charge >= 0.3 is 0 Å². The van der Waals surface area contributed by atoms with Gasteiger partial charge in [0.2, 0.25) is 15.9 Å². The Labute approximate surface area is 194 Å². The van der Waals surface area contributed by atoms with Gasteiger partial charge in [0.15, 0.2) is 0 Å². The van der Waals surface area contributed by atoms with Crippen LogP contribution in [0.4, 0.5) is 11.4 Å². The van der Waals surface area contributed by atoms with E-state index >= 15 is 0 Å². The number of ether oxygens (including phenoxy) is 2. The summed E-state index contributed by atoms with van der Waals surface area (Å²) in [6.07, 6.45) is 2.68. The second-order valence-corrected chi connectivity index (χ2v) is 9.12. The molecule has 0 radical (unpaired) electrons. The number of carbonyl (C=O) groups excluding carboxylic acids is 1. The minimum atomic E-state index is -3.70. The maximum atomic E-state index is 12.6. The maximum Gasteiger partial charge on any atom is 0.245 e. The van der Waals surface area contributed by atoms with E-state index in [0.29, 0.717) is 36.1 Å². The van der Waals surface area contributed by atoms with Gasteiger partial charge in [-0.3, -0.25) is 9.10 Å². The third-order valence-corrected chi connectivity index (χ3v) is 5.69. The van der Waals surface area contributed by atoms with Crippen molar-refractivity contribution in [1.82, 2.24) is 0 Å². The van der Waals surface area contributed by atoms with Gasteiger partial charge < -0.3 is 14.8 Å². The molecule has 0 saturated heterocycles. The number of benzene rings is 3. The van der Waals surface area contributed by atoms with Crippen molar-refractivity contribution >= 4 is 27.3 Å². The molecule has 3 rings (SSSR count). The third-order valence-electron chi connectivity index (χ3n) is 4.55. The Kier molecular flexibility index (Phi) is 8.10. The zero-order valence-electron chi connectivity index (χ0n) is 18.3. The van der Waals surface area contributed by atoms with Crippen LogP contribution in [0.5, 0.6) is 11.5 Å². The van der Waals surface area contributed by atoms with E-state index in [9.17, 15) is 13.2 Å². The summed E-state index contributed by atoms with van der Waals surface area (Å²) in [5, 5.41) is 2.71. The molecule has 0 atom stereocenters. The van der Waals surface area contributed by atoms with Crippen LogP contribution in [0.3, 0.4) is 0 Å². The molecule has 8 heteroatoms. The van der Waals surface area contributed by atoms with Crippen molar-refractivity contribution in [3.8, 4) is 11.5 Å². The highest BCUT2D eigenvalue weighted by atomic mass is 32.2. The van der Waals surface area contributed by atoms with Gasteiger partial charge in [0.25, 0.3) is 0 Å². The van der Waals surface area contributed by atoms with Crippen molar-refractivity contribution in [3.05, 3.63) is 97.1 Å². The molecule has 0 aliphatic rings. The predicted molar refractivity (Wildman–Crippen MR) is 130 cm³/mol. The Morgan fingerprint density at radius 3 is 2.36 bits per heavy atom. The molecule has 0 aromatic heterocycles. The fraction of sp³-hybridized carbons (Fsp3) is 0.160. The van der Waals surface area contributed by atoms with E-state index in [1.54, 1.807) is 54.6 Å². The molecule has 0 saturated carbocycles. The minimum absolute atomic E-state index is 0.338.